The standard InChI is InChI=1S/C9H10O2/c10-9(11)7-6-8-4-2-1-3-5-8/h1-2,4,6-7H,3,5H2,(H,10,11)/b7-6+. The molecule has 1 aliphatic rings. The van der Waals surface area contributed by atoms with Gasteiger partial charge in [-0.3, -0.25) is 0 Å². The minimum atomic E-state index is -0.888. The first-order chi connectivity index (χ1) is 5.29. The summed E-state index contributed by atoms with van der Waals surface area (Å²) < 4.78 is 0. The largest absolute Gasteiger partial charge is 0.478 e. The molecule has 1 rings (SSSR count). The molecule has 1 N–H and O–H groups in total. The average Bonchev–Trinajstić information content (AvgIpc) is 2.03. The molecule has 58 valence electrons. The van der Waals surface area contributed by atoms with Crippen molar-refractivity contribution in [3.8, 4) is 0 Å². The van der Waals surface area contributed by atoms with Crippen molar-refractivity contribution in [2.24, 2.45) is 0 Å². The van der Waals surface area contributed by atoms with Gasteiger partial charge in [0.1, 0.15) is 0 Å². The third-order valence-electron chi connectivity index (χ3n) is 1.49. The van der Waals surface area contributed by atoms with Gasteiger partial charge in [-0.2, -0.15) is 0 Å². The molecule has 11 heavy (non-hydrogen) atoms. The molecule has 2 nitrogen and oxygen atoms in total. The van der Waals surface area contributed by atoms with Crippen LogP contribution in [0.2, 0.25) is 0 Å². The molecule has 0 aromatic rings. The molecule has 0 amide bonds. The number of allylic oxidation sites excluding steroid dienone is 5. The zero-order valence-corrected chi connectivity index (χ0v) is 6.16. The van der Waals surface area contributed by atoms with Crippen LogP contribution in [0.15, 0.2) is 36.0 Å². The smallest absolute Gasteiger partial charge is 0.328 e. The van der Waals surface area contributed by atoms with Crippen LogP contribution in [-0.2, 0) is 4.79 Å². The van der Waals surface area contributed by atoms with Crippen LogP contribution in [0.3, 0.4) is 0 Å². The lowest BCUT2D eigenvalue weighted by Gasteiger charge is -2.01. The Kier molecular flexibility index (Phi) is 2.66. The first kappa shape index (κ1) is 7.79. The number of carboxylic acids is 1. The summed E-state index contributed by atoms with van der Waals surface area (Å²) in [5.74, 6) is -0.888. The number of rotatable bonds is 2. The topological polar surface area (TPSA) is 37.3 Å². The Bertz CT molecular complexity index is 234. The lowest BCUT2D eigenvalue weighted by Crippen LogP contribution is -1.88. The molecule has 0 aliphatic heterocycles. The summed E-state index contributed by atoms with van der Waals surface area (Å²) >= 11 is 0. The maximum absolute atomic E-state index is 10.1. The number of hydrogen-bond donors (Lipinski definition) is 1. The fourth-order valence-electron chi connectivity index (χ4n) is 0.938. The molecular formula is C9H10O2. The van der Waals surface area contributed by atoms with Crippen molar-refractivity contribution in [3.63, 3.8) is 0 Å². The van der Waals surface area contributed by atoms with Gasteiger partial charge in [-0.25, -0.2) is 4.79 Å². The van der Waals surface area contributed by atoms with Gasteiger partial charge in [-0.15, -0.1) is 0 Å². The van der Waals surface area contributed by atoms with Gasteiger partial charge in [0.25, 0.3) is 0 Å². The van der Waals surface area contributed by atoms with Crippen LogP contribution in [-0.4, -0.2) is 11.1 Å². The summed E-state index contributed by atoms with van der Waals surface area (Å²) in [6.45, 7) is 0. The summed E-state index contributed by atoms with van der Waals surface area (Å²) in [6.07, 6.45) is 10.7. The molecule has 0 bridgehead atoms. The van der Waals surface area contributed by atoms with Crippen LogP contribution in [0.4, 0.5) is 0 Å². The fourth-order valence-corrected chi connectivity index (χ4v) is 0.938. The average molecular weight is 150 g/mol. The van der Waals surface area contributed by atoms with E-state index < -0.39 is 5.97 Å². The molecule has 2 heteroatoms. The predicted octanol–water partition coefficient (Wildman–Crippen LogP) is 1.90. The SMILES string of the molecule is O=C(O)/C=C/C1=CC=CCC1. The molecule has 0 aromatic carbocycles. The quantitative estimate of drug-likeness (QED) is 0.610. The highest BCUT2D eigenvalue weighted by Crippen LogP contribution is 2.12. The van der Waals surface area contributed by atoms with Crippen LogP contribution >= 0.6 is 0 Å². The highest BCUT2D eigenvalue weighted by atomic mass is 16.4. The molecule has 0 saturated heterocycles. The summed E-state index contributed by atoms with van der Waals surface area (Å²) in [4.78, 5) is 10.1. The number of carboxylic acid groups (broad SMARTS) is 1. The Hall–Kier alpha value is -1.31. The molecule has 0 radical (unpaired) electrons. The van der Waals surface area contributed by atoms with Crippen molar-refractivity contribution in [3.05, 3.63) is 36.0 Å². The van der Waals surface area contributed by atoms with E-state index in [1.54, 1.807) is 6.08 Å². The fraction of sp³-hybridized carbons (Fsp3) is 0.222. The van der Waals surface area contributed by atoms with Gasteiger partial charge in [0.05, 0.1) is 0 Å². The van der Waals surface area contributed by atoms with E-state index in [2.05, 4.69) is 6.08 Å². The van der Waals surface area contributed by atoms with E-state index in [9.17, 15) is 4.79 Å². The van der Waals surface area contributed by atoms with Gasteiger partial charge in [-0.1, -0.05) is 24.3 Å². The van der Waals surface area contributed by atoms with Crippen LogP contribution in [0, 0.1) is 0 Å². The van der Waals surface area contributed by atoms with E-state index in [-0.39, 0.29) is 0 Å². The van der Waals surface area contributed by atoms with Crippen molar-refractivity contribution in [1.29, 1.82) is 0 Å². The van der Waals surface area contributed by atoms with E-state index in [4.69, 9.17) is 5.11 Å². The molecule has 0 fully saturated rings. The molecule has 0 spiro atoms. The molecule has 0 heterocycles. The van der Waals surface area contributed by atoms with Gasteiger partial charge in [0.2, 0.25) is 0 Å². The minimum Gasteiger partial charge on any atom is -0.478 e. The summed E-state index contributed by atoms with van der Waals surface area (Å²) in [5, 5.41) is 8.31. The van der Waals surface area contributed by atoms with Gasteiger partial charge in [0.15, 0.2) is 0 Å². The Morgan fingerprint density at radius 2 is 2.45 bits per heavy atom. The molecule has 1 aliphatic carbocycles. The van der Waals surface area contributed by atoms with E-state index in [1.165, 1.54) is 6.08 Å². The molecule has 0 saturated carbocycles. The zero-order chi connectivity index (χ0) is 8.10. The van der Waals surface area contributed by atoms with E-state index >= 15 is 0 Å². The van der Waals surface area contributed by atoms with Crippen LogP contribution in [0.1, 0.15) is 12.8 Å². The van der Waals surface area contributed by atoms with Crippen molar-refractivity contribution in [2.75, 3.05) is 0 Å². The van der Waals surface area contributed by atoms with Gasteiger partial charge in [-0.05, 0) is 18.4 Å². The number of carbonyl (C=O) groups is 1. The second-order valence-electron chi connectivity index (χ2n) is 2.38. The Morgan fingerprint density at radius 1 is 1.64 bits per heavy atom. The van der Waals surface area contributed by atoms with E-state index in [0.717, 1.165) is 18.4 Å². The second-order valence-corrected chi connectivity index (χ2v) is 2.38. The molecule has 0 atom stereocenters. The first-order valence-electron chi connectivity index (χ1n) is 3.56. The molecule has 0 aromatic heterocycles. The van der Waals surface area contributed by atoms with Crippen molar-refractivity contribution < 1.29 is 9.90 Å². The summed E-state index contributed by atoms with van der Waals surface area (Å²) in [6, 6.07) is 0. The predicted molar refractivity (Wildman–Crippen MR) is 43.2 cm³/mol. The highest BCUT2D eigenvalue weighted by Gasteiger charge is 1.95. The maximum Gasteiger partial charge on any atom is 0.328 e. The van der Waals surface area contributed by atoms with Crippen LogP contribution < -0.4 is 0 Å². The summed E-state index contributed by atoms with van der Waals surface area (Å²) in [7, 11) is 0. The third-order valence-corrected chi connectivity index (χ3v) is 1.49. The lowest BCUT2D eigenvalue weighted by molar-refractivity contribution is -0.131. The zero-order valence-electron chi connectivity index (χ0n) is 6.16. The number of aliphatic carboxylic acids is 1. The second kappa shape index (κ2) is 3.76. The monoisotopic (exact) mass is 150 g/mol. The van der Waals surface area contributed by atoms with Crippen molar-refractivity contribution in [1.82, 2.24) is 0 Å². The van der Waals surface area contributed by atoms with Crippen LogP contribution in [0.25, 0.3) is 0 Å². The Morgan fingerprint density at radius 3 is 3.00 bits per heavy atom. The highest BCUT2D eigenvalue weighted by molar-refractivity contribution is 5.80. The maximum atomic E-state index is 10.1. The number of hydrogen-bond acceptors (Lipinski definition) is 1. The van der Waals surface area contributed by atoms with Gasteiger partial charge >= 0.3 is 5.97 Å². The van der Waals surface area contributed by atoms with Gasteiger partial charge in [0, 0.05) is 6.08 Å². The first-order valence-corrected chi connectivity index (χ1v) is 3.56. The normalized spacial score (nSPS) is 16.9. The molecular weight excluding hydrogens is 140 g/mol. The lowest BCUT2D eigenvalue weighted by atomic mass is 10.1. The Labute approximate surface area is 65.5 Å². The third kappa shape index (κ3) is 2.85. The van der Waals surface area contributed by atoms with E-state index in [0.29, 0.717) is 0 Å². The minimum absolute atomic E-state index is 0.888. The van der Waals surface area contributed by atoms with Gasteiger partial charge < -0.3 is 5.11 Å². The van der Waals surface area contributed by atoms with E-state index in [1.807, 2.05) is 12.2 Å². The molecule has 0 unspecified atom stereocenters. The van der Waals surface area contributed by atoms with Crippen molar-refractivity contribution in [2.45, 2.75) is 12.8 Å². The Balaban J connectivity index is 2.54. The van der Waals surface area contributed by atoms with Crippen LogP contribution in [0.5, 0.6) is 0 Å². The summed E-state index contributed by atoms with van der Waals surface area (Å²) in [5.41, 5.74) is 1.08. The van der Waals surface area contributed by atoms with Crippen molar-refractivity contribution >= 4 is 5.97 Å².